The van der Waals surface area contributed by atoms with Crippen LogP contribution >= 0.6 is 11.3 Å². The van der Waals surface area contributed by atoms with Crippen LogP contribution in [0.4, 0.5) is 0 Å². The van der Waals surface area contributed by atoms with Crippen LogP contribution in [0.25, 0.3) is 0 Å². The summed E-state index contributed by atoms with van der Waals surface area (Å²) in [5.41, 5.74) is 2.29. The van der Waals surface area contributed by atoms with Crippen molar-refractivity contribution in [1.29, 1.82) is 0 Å². The third-order valence-corrected chi connectivity index (χ3v) is 5.55. The fourth-order valence-corrected chi connectivity index (χ4v) is 4.04. The molecule has 0 bridgehead atoms. The molecule has 0 saturated carbocycles. The molecule has 108 valence electrons. The summed E-state index contributed by atoms with van der Waals surface area (Å²) >= 11 is 1.24. The number of nitrogens with one attached hydrogen (secondary N) is 1. The van der Waals surface area contributed by atoms with Gasteiger partial charge in [0, 0.05) is 16.8 Å². The maximum Gasteiger partial charge on any atom is 0.241 e. The summed E-state index contributed by atoms with van der Waals surface area (Å²) in [7, 11) is -3.48. The summed E-state index contributed by atoms with van der Waals surface area (Å²) in [5, 5.41) is 10.5. The molecular weight excluding hydrogens is 294 g/mol. The van der Waals surface area contributed by atoms with Crippen LogP contribution in [0.1, 0.15) is 16.0 Å². The quantitative estimate of drug-likeness (QED) is 0.858. The molecule has 0 atom stereocenters. The largest absolute Gasteiger partial charge is 0.391 e. The normalized spacial score (nSPS) is 11.7. The van der Waals surface area contributed by atoms with E-state index in [4.69, 9.17) is 5.11 Å². The van der Waals surface area contributed by atoms with Crippen molar-refractivity contribution in [2.24, 2.45) is 0 Å². The third-order valence-electron chi connectivity index (χ3n) is 3.04. The number of aliphatic hydroxyl groups excluding tert-OH is 1. The summed E-state index contributed by atoms with van der Waals surface area (Å²) < 4.78 is 26.7. The van der Waals surface area contributed by atoms with E-state index in [1.807, 2.05) is 31.2 Å². The lowest BCUT2D eigenvalue weighted by molar-refractivity contribution is 0.285. The zero-order valence-electron chi connectivity index (χ0n) is 11.2. The van der Waals surface area contributed by atoms with E-state index in [0.29, 0.717) is 17.8 Å². The van der Waals surface area contributed by atoms with Gasteiger partial charge in [-0.15, -0.1) is 11.3 Å². The first kappa shape index (κ1) is 15.2. The Morgan fingerprint density at radius 1 is 1.30 bits per heavy atom. The zero-order valence-corrected chi connectivity index (χ0v) is 12.8. The summed E-state index contributed by atoms with van der Waals surface area (Å²) in [6.45, 7) is 2.23. The van der Waals surface area contributed by atoms with Gasteiger partial charge < -0.3 is 5.11 Å². The lowest BCUT2D eigenvalue weighted by atomic mass is 10.1. The molecule has 6 heteroatoms. The predicted octanol–water partition coefficient (Wildman–Crippen LogP) is 2.07. The van der Waals surface area contributed by atoms with Crippen molar-refractivity contribution in [2.45, 2.75) is 24.8 Å². The van der Waals surface area contributed by atoms with Crippen molar-refractivity contribution >= 4 is 21.4 Å². The number of sulfonamides is 1. The van der Waals surface area contributed by atoms with E-state index >= 15 is 0 Å². The molecule has 4 nitrogen and oxygen atoms in total. The highest BCUT2D eigenvalue weighted by Gasteiger charge is 2.15. The molecule has 1 aromatic heterocycles. The van der Waals surface area contributed by atoms with Gasteiger partial charge in [0.05, 0.1) is 11.5 Å². The Morgan fingerprint density at radius 3 is 2.70 bits per heavy atom. The molecule has 1 heterocycles. The first-order valence-corrected chi connectivity index (χ1v) is 8.61. The molecule has 0 amide bonds. The van der Waals surface area contributed by atoms with Crippen LogP contribution in [0.2, 0.25) is 0 Å². The Bertz CT molecular complexity index is 677. The highest BCUT2D eigenvalue weighted by atomic mass is 32.2. The standard InChI is InChI=1S/C14H17NO3S2/c1-11-4-2-3-5-12(11)6-7-15-20(17,18)14-8-13(9-16)19-10-14/h2-5,8,10,15-16H,6-7,9H2,1H3. The van der Waals surface area contributed by atoms with E-state index in [9.17, 15) is 8.42 Å². The van der Waals surface area contributed by atoms with Crippen LogP contribution in [-0.4, -0.2) is 20.1 Å². The number of benzene rings is 1. The third kappa shape index (κ3) is 3.67. The van der Waals surface area contributed by atoms with Crippen LogP contribution in [0.5, 0.6) is 0 Å². The van der Waals surface area contributed by atoms with Gasteiger partial charge in [0.25, 0.3) is 0 Å². The molecule has 0 aliphatic carbocycles. The maximum absolute atomic E-state index is 12.1. The monoisotopic (exact) mass is 311 g/mol. The van der Waals surface area contributed by atoms with Gasteiger partial charge in [-0.25, -0.2) is 13.1 Å². The van der Waals surface area contributed by atoms with Gasteiger partial charge in [0.1, 0.15) is 0 Å². The molecule has 2 rings (SSSR count). The van der Waals surface area contributed by atoms with Gasteiger partial charge >= 0.3 is 0 Å². The fraction of sp³-hybridized carbons (Fsp3) is 0.286. The average Bonchev–Trinajstić information content (AvgIpc) is 2.90. The second kappa shape index (κ2) is 6.49. The van der Waals surface area contributed by atoms with Crippen LogP contribution in [0.3, 0.4) is 0 Å². The van der Waals surface area contributed by atoms with Crippen LogP contribution in [0.15, 0.2) is 40.6 Å². The van der Waals surface area contributed by atoms with Gasteiger partial charge in [-0.05, 0) is 30.5 Å². The van der Waals surface area contributed by atoms with E-state index in [2.05, 4.69) is 4.72 Å². The van der Waals surface area contributed by atoms with E-state index in [1.54, 1.807) is 5.38 Å². The molecule has 2 aromatic rings. The first-order valence-electron chi connectivity index (χ1n) is 6.25. The Morgan fingerprint density at radius 2 is 2.05 bits per heavy atom. The molecule has 0 saturated heterocycles. The van der Waals surface area contributed by atoms with Gasteiger partial charge in [0.2, 0.25) is 10.0 Å². The lowest BCUT2D eigenvalue weighted by Gasteiger charge is -2.07. The van der Waals surface area contributed by atoms with Gasteiger partial charge in [-0.3, -0.25) is 0 Å². The minimum Gasteiger partial charge on any atom is -0.391 e. The summed E-state index contributed by atoms with van der Waals surface area (Å²) in [6, 6.07) is 9.42. The Hall–Kier alpha value is -1.21. The predicted molar refractivity (Wildman–Crippen MR) is 80.3 cm³/mol. The molecule has 1 aromatic carbocycles. The van der Waals surface area contributed by atoms with Crippen molar-refractivity contribution in [2.75, 3.05) is 6.54 Å². The van der Waals surface area contributed by atoms with E-state index in [0.717, 1.165) is 11.1 Å². The number of thiophene rings is 1. The summed E-state index contributed by atoms with van der Waals surface area (Å²) in [5.74, 6) is 0. The molecule has 2 N–H and O–H groups in total. The van der Waals surface area contributed by atoms with Crippen LogP contribution < -0.4 is 4.72 Å². The van der Waals surface area contributed by atoms with E-state index in [-0.39, 0.29) is 11.5 Å². The van der Waals surface area contributed by atoms with Crippen molar-refractivity contribution in [1.82, 2.24) is 4.72 Å². The van der Waals surface area contributed by atoms with Crippen LogP contribution in [-0.2, 0) is 23.1 Å². The highest BCUT2D eigenvalue weighted by molar-refractivity contribution is 7.89. The van der Waals surface area contributed by atoms with E-state index < -0.39 is 10.0 Å². The lowest BCUT2D eigenvalue weighted by Crippen LogP contribution is -2.25. The average molecular weight is 311 g/mol. The minimum atomic E-state index is -3.48. The first-order chi connectivity index (χ1) is 9.53. The van der Waals surface area contributed by atoms with Gasteiger partial charge in [-0.2, -0.15) is 0 Å². The maximum atomic E-state index is 12.1. The van der Waals surface area contributed by atoms with Crippen LogP contribution in [0, 0.1) is 6.92 Å². The fourth-order valence-electron chi connectivity index (χ4n) is 1.88. The van der Waals surface area contributed by atoms with E-state index in [1.165, 1.54) is 17.4 Å². The number of hydrogen-bond donors (Lipinski definition) is 2. The van der Waals surface area contributed by atoms with Crippen molar-refractivity contribution in [3.05, 3.63) is 51.7 Å². The second-order valence-electron chi connectivity index (χ2n) is 4.48. The molecule has 0 aliphatic heterocycles. The molecule has 0 spiro atoms. The molecular formula is C14H17NO3S2. The Kier molecular flexibility index (Phi) is 4.93. The van der Waals surface area contributed by atoms with Crippen molar-refractivity contribution < 1.29 is 13.5 Å². The molecule has 0 radical (unpaired) electrons. The Balaban J connectivity index is 1.98. The zero-order chi connectivity index (χ0) is 14.6. The molecule has 0 aliphatic rings. The number of hydrogen-bond acceptors (Lipinski definition) is 4. The number of aryl methyl sites for hydroxylation is 1. The SMILES string of the molecule is Cc1ccccc1CCNS(=O)(=O)c1csc(CO)c1. The topological polar surface area (TPSA) is 66.4 Å². The summed E-state index contributed by atoms with van der Waals surface area (Å²) in [4.78, 5) is 0.862. The molecule has 0 fully saturated rings. The number of aliphatic hydroxyl groups is 1. The second-order valence-corrected chi connectivity index (χ2v) is 7.24. The highest BCUT2D eigenvalue weighted by Crippen LogP contribution is 2.19. The van der Waals surface area contributed by atoms with Crippen molar-refractivity contribution in [3.8, 4) is 0 Å². The van der Waals surface area contributed by atoms with Gasteiger partial charge in [-0.1, -0.05) is 24.3 Å². The smallest absolute Gasteiger partial charge is 0.241 e. The minimum absolute atomic E-state index is 0.136. The Labute approximate surface area is 123 Å². The molecule has 20 heavy (non-hydrogen) atoms. The molecule has 0 unspecified atom stereocenters. The van der Waals surface area contributed by atoms with Crippen molar-refractivity contribution in [3.63, 3.8) is 0 Å². The van der Waals surface area contributed by atoms with Gasteiger partial charge in [0.15, 0.2) is 0 Å². The summed E-state index contributed by atoms with van der Waals surface area (Å²) in [6.07, 6.45) is 0.656. The number of rotatable bonds is 6.